The Kier molecular flexibility index (Phi) is 4.30. The molecule has 0 N–H and O–H groups in total. The van der Waals surface area contributed by atoms with E-state index in [0.717, 1.165) is 5.56 Å². The lowest BCUT2D eigenvalue weighted by Gasteiger charge is -2.41. The Bertz CT molecular complexity index is 506. The highest BCUT2D eigenvalue weighted by molar-refractivity contribution is 5.21. The Hall–Kier alpha value is -1.34. The number of benzene rings is 1. The second-order valence-corrected chi connectivity index (χ2v) is 4.88. The summed E-state index contributed by atoms with van der Waals surface area (Å²) in [7, 11) is 1.40. The van der Waals surface area contributed by atoms with Gasteiger partial charge < -0.3 is 18.9 Å². The fourth-order valence-electron chi connectivity index (χ4n) is 2.50. The van der Waals surface area contributed by atoms with Gasteiger partial charge in [-0.2, -0.15) is 0 Å². The van der Waals surface area contributed by atoms with Crippen LogP contribution < -0.4 is 0 Å². The summed E-state index contributed by atoms with van der Waals surface area (Å²) >= 11 is 0. The first kappa shape index (κ1) is 14.6. The molecule has 2 aliphatic heterocycles. The summed E-state index contributed by atoms with van der Waals surface area (Å²) < 4.78 is 48.2. The number of halogens is 2. The molecule has 1 aromatic rings. The maximum Gasteiger partial charge on any atom is 0.262 e. The number of rotatable bonds is 3. The van der Waals surface area contributed by atoms with Crippen molar-refractivity contribution in [3.05, 3.63) is 47.5 Å². The van der Waals surface area contributed by atoms with E-state index in [9.17, 15) is 8.78 Å². The topological polar surface area (TPSA) is 36.9 Å². The normalized spacial score (nSPS) is 32.7. The van der Waals surface area contributed by atoms with Gasteiger partial charge in [-0.3, -0.25) is 0 Å². The zero-order valence-corrected chi connectivity index (χ0v) is 11.4. The Labute approximate surface area is 121 Å². The van der Waals surface area contributed by atoms with Crippen LogP contribution in [0.15, 0.2) is 42.0 Å². The van der Waals surface area contributed by atoms with E-state index in [1.54, 1.807) is 0 Å². The monoisotopic (exact) mass is 298 g/mol. The number of fused-ring (bicyclic) bond motifs is 1. The minimum Gasteiger partial charge on any atom is -0.352 e. The molecule has 0 radical (unpaired) electrons. The van der Waals surface area contributed by atoms with Gasteiger partial charge in [-0.05, 0) is 6.08 Å². The van der Waals surface area contributed by atoms with Crippen molar-refractivity contribution in [1.29, 1.82) is 0 Å². The van der Waals surface area contributed by atoms with Crippen LogP contribution in [0.4, 0.5) is 8.78 Å². The predicted molar refractivity (Wildman–Crippen MR) is 69.8 cm³/mol. The minimum absolute atomic E-state index is 0.109. The molecule has 0 saturated carbocycles. The SMILES string of the molecule is CO[C@@H]1C=C(C(F)F)[C@@H]2OC(c3ccccc3)OC[C@H]2O1. The fraction of sp³-hybridized carbons (Fsp3) is 0.467. The third-order valence-corrected chi connectivity index (χ3v) is 3.54. The molecule has 1 unspecified atom stereocenters. The molecule has 6 heteroatoms. The smallest absolute Gasteiger partial charge is 0.262 e. The summed E-state index contributed by atoms with van der Waals surface area (Å²) in [5, 5.41) is 0. The summed E-state index contributed by atoms with van der Waals surface area (Å²) in [6.07, 6.45) is -4.22. The zero-order valence-electron chi connectivity index (χ0n) is 11.4. The van der Waals surface area contributed by atoms with Crippen LogP contribution in [-0.2, 0) is 18.9 Å². The van der Waals surface area contributed by atoms with Gasteiger partial charge in [0.25, 0.3) is 6.43 Å². The molecule has 4 atom stereocenters. The molecule has 21 heavy (non-hydrogen) atoms. The van der Waals surface area contributed by atoms with Crippen LogP contribution in [0, 0.1) is 0 Å². The van der Waals surface area contributed by atoms with Crippen molar-refractivity contribution in [3.63, 3.8) is 0 Å². The van der Waals surface area contributed by atoms with Crippen molar-refractivity contribution in [1.82, 2.24) is 0 Å². The van der Waals surface area contributed by atoms with E-state index in [4.69, 9.17) is 18.9 Å². The van der Waals surface area contributed by atoms with Crippen LogP contribution in [0.2, 0.25) is 0 Å². The van der Waals surface area contributed by atoms with Crippen LogP contribution >= 0.6 is 0 Å². The first-order valence-corrected chi connectivity index (χ1v) is 6.69. The lowest BCUT2D eigenvalue weighted by Crippen LogP contribution is -2.49. The Morgan fingerprint density at radius 3 is 2.62 bits per heavy atom. The minimum atomic E-state index is -2.62. The molecular formula is C15H16F2O4. The molecule has 114 valence electrons. The van der Waals surface area contributed by atoms with Gasteiger partial charge >= 0.3 is 0 Å². The molecule has 0 amide bonds. The van der Waals surface area contributed by atoms with Crippen LogP contribution in [0.25, 0.3) is 0 Å². The van der Waals surface area contributed by atoms with Crippen molar-refractivity contribution in [2.24, 2.45) is 0 Å². The first-order valence-electron chi connectivity index (χ1n) is 6.69. The quantitative estimate of drug-likeness (QED) is 0.804. The van der Waals surface area contributed by atoms with E-state index < -0.39 is 31.2 Å². The maximum atomic E-state index is 13.2. The lowest BCUT2D eigenvalue weighted by atomic mass is 10.0. The van der Waals surface area contributed by atoms with Crippen molar-refractivity contribution in [3.8, 4) is 0 Å². The largest absolute Gasteiger partial charge is 0.352 e. The van der Waals surface area contributed by atoms with Gasteiger partial charge in [0.2, 0.25) is 0 Å². The summed E-state index contributed by atoms with van der Waals surface area (Å²) in [5.74, 6) is 0. The molecule has 1 saturated heterocycles. The average molecular weight is 298 g/mol. The van der Waals surface area contributed by atoms with E-state index >= 15 is 0 Å². The van der Waals surface area contributed by atoms with E-state index in [2.05, 4.69) is 0 Å². The van der Waals surface area contributed by atoms with Crippen molar-refractivity contribution < 1.29 is 27.7 Å². The Morgan fingerprint density at radius 1 is 1.19 bits per heavy atom. The number of methoxy groups -OCH3 is 1. The molecule has 1 aromatic carbocycles. The third-order valence-electron chi connectivity index (χ3n) is 3.54. The van der Waals surface area contributed by atoms with Gasteiger partial charge in [-0.15, -0.1) is 0 Å². The number of ether oxygens (including phenoxy) is 4. The van der Waals surface area contributed by atoms with Gasteiger partial charge in [0.1, 0.15) is 12.2 Å². The molecule has 0 spiro atoms. The molecule has 0 aromatic heterocycles. The molecule has 0 bridgehead atoms. The van der Waals surface area contributed by atoms with Crippen molar-refractivity contribution >= 4 is 0 Å². The average Bonchev–Trinajstić information content (AvgIpc) is 2.54. The van der Waals surface area contributed by atoms with Gasteiger partial charge in [0, 0.05) is 18.2 Å². The molecule has 2 heterocycles. The van der Waals surface area contributed by atoms with Crippen molar-refractivity contribution in [2.45, 2.75) is 31.2 Å². The Morgan fingerprint density at radius 2 is 1.95 bits per heavy atom. The van der Waals surface area contributed by atoms with Crippen LogP contribution in [-0.4, -0.2) is 38.6 Å². The molecule has 3 rings (SSSR count). The molecule has 1 fully saturated rings. The van der Waals surface area contributed by atoms with Gasteiger partial charge in [0.15, 0.2) is 12.6 Å². The summed E-state index contributed by atoms with van der Waals surface area (Å²) in [4.78, 5) is 0. The summed E-state index contributed by atoms with van der Waals surface area (Å²) in [5.41, 5.74) is 0.681. The highest BCUT2D eigenvalue weighted by Crippen LogP contribution is 2.36. The van der Waals surface area contributed by atoms with Gasteiger partial charge in [-0.25, -0.2) is 8.78 Å². The molecule has 2 aliphatic rings. The summed E-state index contributed by atoms with van der Waals surface area (Å²) in [6.45, 7) is 0.175. The maximum absolute atomic E-state index is 13.2. The van der Waals surface area contributed by atoms with E-state index in [1.807, 2.05) is 30.3 Å². The van der Waals surface area contributed by atoms with E-state index in [-0.39, 0.29) is 12.2 Å². The second kappa shape index (κ2) is 6.19. The fourth-order valence-corrected chi connectivity index (χ4v) is 2.50. The first-order chi connectivity index (χ1) is 10.2. The van der Waals surface area contributed by atoms with E-state index in [1.165, 1.54) is 13.2 Å². The van der Waals surface area contributed by atoms with Crippen LogP contribution in [0.5, 0.6) is 0 Å². The predicted octanol–water partition coefficient (Wildman–Crippen LogP) is 2.66. The number of hydrogen-bond donors (Lipinski definition) is 0. The summed E-state index contributed by atoms with van der Waals surface area (Å²) in [6, 6.07) is 9.22. The van der Waals surface area contributed by atoms with Crippen molar-refractivity contribution in [2.75, 3.05) is 13.7 Å². The highest BCUT2D eigenvalue weighted by Gasteiger charge is 2.42. The molecule has 0 aliphatic carbocycles. The molecular weight excluding hydrogens is 282 g/mol. The third kappa shape index (κ3) is 2.98. The standard InChI is InChI=1S/C15H16F2O4/c1-18-12-7-10(14(16)17)13-11(20-12)8-19-15(21-13)9-5-3-2-4-6-9/h2-7,11-15H,8H2,1H3/t11-,12+,13+,15?/m1/s1. The van der Waals surface area contributed by atoms with Gasteiger partial charge in [-0.1, -0.05) is 30.3 Å². The van der Waals surface area contributed by atoms with Gasteiger partial charge in [0.05, 0.1) is 6.61 Å². The number of alkyl halides is 2. The molecule has 4 nitrogen and oxygen atoms in total. The second-order valence-electron chi connectivity index (χ2n) is 4.88. The Balaban J connectivity index is 1.82. The van der Waals surface area contributed by atoms with Crippen LogP contribution in [0.1, 0.15) is 11.9 Å². The number of hydrogen-bond acceptors (Lipinski definition) is 4. The highest BCUT2D eigenvalue weighted by atomic mass is 19.3. The lowest BCUT2D eigenvalue weighted by molar-refractivity contribution is -0.286. The van der Waals surface area contributed by atoms with Crippen LogP contribution in [0.3, 0.4) is 0 Å². The van der Waals surface area contributed by atoms with E-state index in [0.29, 0.717) is 0 Å². The zero-order chi connectivity index (χ0) is 14.8.